The van der Waals surface area contributed by atoms with E-state index in [0.29, 0.717) is 54.6 Å². The maximum atomic E-state index is 12.9. The first-order chi connectivity index (χ1) is 15.6. The molecular weight excluding hydrogens is 474 g/mol. The van der Waals surface area contributed by atoms with Crippen LogP contribution in [0.3, 0.4) is 0 Å². The maximum Gasteiger partial charge on any atom is 0.277 e. The zero-order valence-corrected chi connectivity index (χ0v) is 19.0. The van der Waals surface area contributed by atoms with Crippen molar-refractivity contribution >= 4 is 33.1 Å². The van der Waals surface area contributed by atoms with Gasteiger partial charge in [0.1, 0.15) is 0 Å². The summed E-state index contributed by atoms with van der Waals surface area (Å²) in [7, 11) is -3.62. The molecule has 0 saturated carbocycles. The van der Waals surface area contributed by atoms with E-state index >= 15 is 0 Å². The number of rotatable bonds is 7. The van der Waals surface area contributed by atoms with Gasteiger partial charge >= 0.3 is 0 Å². The average Bonchev–Trinajstić information content (AvgIpc) is 3.60. The average molecular weight is 492 g/mol. The van der Waals surface area contributed by atoms with E-state index in [0.717, 1.165) is 4.88 Å². The third-order valence-electron chi connectivity index (χ3n) is 4.62. The number of thiophene rings is 1. The Labute approximate surface area is 191 Å². The molecule has 1 aliphatic heterocycles. The van der Waals surface area contributed by atoms with Crippen LogP contribution in [0, 0.1) is 0 Å². The molecule has 0 N–H and O–H groups in total. The lowest BCUT2D eigenvalue weighted by atomic mass is 10.2. The first-order valence-electron chi connectivity index (χ1n) is 9.61. The third-order valence-corrected chi connectivity index (χ3v) is 8.19. The molecule has 32 heavy (non-hydrogen) atoms. The van der Waals surface area contributed by atoms with E-state index in [2.05, 4.69) is 20.3 Å². The molecule has 1 saturated heterocycles. The van der Waals surface area contributed by atoms with Gasteiger partial charge in [-0.05, 0) is 29.6 Å². The third kappa shape index (κ3) is 4.47. The minimum Gasteiger partial charge on any atom is -0.411 e. The van der Waals surface area contributed by atoms with Crippen molar-refractivity contribution in [2.45, 2.75) is 15.9 Å². The molecule has 4 heterocycles. The van der Waals surface area contributed by atoms with E-state index in [9.17, 15) is 8.42 Å². The van der Waals surface area contributed by atoms with E-state index in [4.69, 9.17) is 13.7 Å². The highest BCUT2D eigenvalue weighted by Crippen LogP contribution is 2.28. The Balaban J connectivity index is 1.28. The SMILES string of the molecule is O=S(=O)(c1cccc(-c2nnc(SCc3nc(-c4cccs4)no3)o2)c1)N1CCOCC1. The lowest BCUT2D eigenvalue weighted by Gasteiger charge is -2.26. The molecule has 0 unspecified atom stereocenters. The molecule has 4 aromatic rings. The summed E-state index contributed by atoms with van der Waals surface area (Å²) in [6.45, 7) is 1.44. The smallest absolute Gasteiger partial charge is 0.277 e. The van der Waals surface area contributed by atoms with Crippen molar-refractivity contribution in [1.29, 1.82) is 0 Å². The molecule has 0 spiro atoms. The van der Waals surface area contributed by atoms with Gasteiger partial charge in [-0.15, -0.1) is 21.5 Å². The first kappa shape index (κ1) is 21.3. The number of sulfonamides is 1. The van der Waals surface area contributed by atoms with Crippen LogP contribution in [0.1, 0.15) is 5.89 Å². The number of morpholine rings is 1. The molecule has 5 rings (SSSR count). The van der Waals surface area contributed by atoms with E-state index in [1.807, 2.05) is 17.5 Å². The molecule has 166 valence electrons. The van der Waals surface area contributed by atoms with Gasteiger partial charge in [-0.3, -0.25) is 0 Å². The molecule has 0 bridgehead atoms. The fourth-order valence-corrected chi connectivity index (χ4v) is 5.76. The molecule has 0 radical (unpaired) electrons. The van der Waals surface area contributed by atoms with Gasteiger partial charge in [-0.2, -0.15) is 9.29 Å². The zero-order valence-electron chi connectivity index (χ0n) is 16.6. The van der Waals surface area contributed by atoms with Crippen molar-refractivity contribution in [2.24, 2.45) is 0 Å². The molecule has 1 aromatic carbocycles. The number of hydrogen-bond acceptors (Lipinski definition) is 11. The van der Waals surface area contributed by atoms with E-state index in [1.54, 1.807) is 18.2 Å². The minimum absolute atomic E-state index is 0.177. The van der Waals surface area contributed by atoms with Crippen LogP contribution in [-0.4, -0.2) is 59.4 Å². The van der Waals surface area contributed by atoms with Crippen LogP contribution in [0.15, 0.2) is 60.8 Å². The molecule has 0 aliphatic carbocycles. The van der Waals surface area contributed by atoms with Crippen LogP contribution in [0.4, 0.5) is 0 Å². The first-order valence-corrected chi connectivity index (χ1v) is 12.9. The molecule has 1 aliphatic rings. The van der Waals surface area contributed by atoms with Gasteiger partial charge in [0.05, 0.1) is 28.7 Å². The van der Waals surface area contributed by atoms with Crippen LogP contribution in [0.2, 0.25) is 0 Å². The predicted molar refractivity (Wildman–Crippen MR) is 116 cm³/mol. The summed E-state index contributed by atoms with van der Waals surface area (Å²) in [5.41, 5.74) is 0.524. The summed E-state index contributed by atoms with van der Waals surface area (Å²) >= 11 is 2.79. The summed E-state index contributed by atoms with van der Waals surface area (Å²) < 4.78 is 43.4. The lowest BCUT2D eigenvalue weighted by molar-refractivity contribution is 0.0730. The molecule has 0 amide bonds. The van der Waals surface area contributed by atoms with Crippen molar-refractivity contribution in [1.82, 2.24) is 24.6 Å². The number of hydrogen-bond donors (Lipinski definition) is 0. The zero-order chi connectivity index (χ0) is 22.0. The second-order valence-electron chi connectivity index (χ2n) is 6.70. The van der Waals surface area contributed by atoms with Crippen LogP contribution in [0.5, 0.6) is 0 Å². The van der Waals surface area contributed by atoms with Gasteiger partial charge in [0.25, 0.3) is 5.22 Å². The van der Waals surface area contributed by atoms with Gasteiger partial charge in [0.2, 0.25) is 27.6 Å². The fourth-order valence-electron chi connectivity index (χ4n) is 3.05. The molecule has 1 fully saturated rings. The van der Waals surface area contributed by atoms with Crippen molar-refractivity contribution in [3.05, 3.63) is 47.7 Å². The van der Waals surface area contributed by atoms with Crippen molar-refractivity contribution in [3.63, 3.8) is 0 Å². The highest BCUT2D eigenvalue weighted by Gasteiger charge is 2.27. The Morgan fingerprint density at radius 2 is 2.00 bits per heavy atom. The van der Waals surface area contributed by atoms with Gasteiger partial charge in [0.15, 0.2) is 0 Å². The van der Waals surface area contributed by atoms with E-state index < -0.39 is 10.0 Å². The van der Waals surface area contributed by atoms with Gasteiger partial charge < -0.3 is 13.7 Å². The monoisotopic (exact) mass is 491 g/mol. The number of thioether (sulfide) groups is 1. The van der Waals surface area contributed by atoms with Crippen molar-refractivity contribution in [2.75, 3.05) is 26.3 Å². The molecule has 0 atom stereocenters. The Morgan fingerprint density at radius 1 is 1.12 bits per heavy atom. The van der Waals surface area contributed by atoms with E-state index in [-0.39, 0.29) is 10.8 Å². The number of benzene rings is 1. The number of nitrogens with zero attached hydrogens (tertiary/aromatic N) is 5. The number of ether oxygens (including phenoxy) is 1. The minimum atomic E-state index is -3.62. The maximum absolute atomic E-state index is 12.9. The summed E-state index contributed by atoms with van der Waals surface area (Å²) in [6.07, 6.45) is 0. The molecule has 10 nitrogen and oxygen atoms in total. The van der Waals surface area contributed by atoms with Gasteiger partial charge in [0, 0.05) is 18.7 Å². The predicted octanol–water partition coefficient (Wildman–Crippen LogP) is 3.16. The quantitative estimate of drug-likeness (QED) is 0.356. The normalized spacial score (nSPS) is 15.2. The molecular formula is C19H17N5O5S3. The van der Waals surface area contributed by atoms with Crippen LogP contribution in [-0.2, 0) is 20.5 Å². The van der Waals surface area contributed by atoms with Crippen molar-refractivity contribution in [3.8, 4) is 22.2 Å². The summed E-state index contributed by atoms with van der Waals surface area (Å²) in [5.74, 6) is 1.58. The molecule has 13 heteroatoms. The molecule has 3 aromatic heterocycles. The summed E-state index contributed by atoms with van der Waals surface area (Å²) in [6, 6.07) is 10.3. The van der Waals surface area contributed by atoms with Crippen LogP contribution < -0.4 is 0 Å². The van der Waals surface area contributed by atoms with Crippen LogP contribution in [0.25, 0.3) is 22.2 Å². The Hall–Kier alpha value is -2.58. The largest absolute Gasteiger partial charge is 0.411 e. The second kappa shape index (κ2) is 9.11. The highest BCUT2D eigenvalue weighted by atomic mass is 32.2. The standard InChI is InChI=1S/C19H17N5O5S3/c25-32(26,24-6-8-27-9-7-24)14-4-1-3-13(11-14)18-21-22-19(28-18)31-12-16-20-17(23-29-16)15-5-2-10-30-15/h1-5,10-11H,6-9,12H2. The van der Waals surface area contributed by atoms with Gasteiger partial charge in [-0.25, -0.2) is 8.42 Å². The highest BCUT2D eigenvalue weighted by molar-refractivity contribution is 7.98. The summed E-state index contributed by atoms with van der Waals surface area (Å²) in [4.78, 5) is 5.46. The fraction of sp³-hybridized carbons (Fsp3) is 0.263. The van der Waals surface area contributed by atoms with Crippen molar-refractivity contribution < 1.29 is 22.1 Å². The topological polar surface area (TPSA) is 124 Å². The van der Waals surface area contributed by atoms with Crippen LogP contribution >= 0.6 is 23.1 Å². The van der Waals surface area contributed by atoms with Gasteiger partial charge in [-0.1, -0.05) is 29.1 Å². The summed E-state index contributed by atoms with van der Waals surface area (Å²) in [5, 5.41) is 14.3. The Bertz CT molecular complexity index is 1300. The lowest BCUT2D eigenvalue weighted by Crippen LogP contribution is -2.40. The Kier molecular flexibility index (Phi) is 6.06. The number of aromatic nitrogens is 4. The Morgan fingerprint density at radius 3 is 2.81 bits per heavy atom. The van der Waals surface area contributed by atoms with E-state index in [1.165, 1.54) is 33.5 Å². The second-order valence-corrected chi connectivity index (χ2v) is 10.5.